The molecular weight excluding hydrogens is 259 g/mol. The topological polar surface area (TPSA) is 0 Å². The van der Waals surface area contributed by atoms with Crippen molar-refractivity contribution in [2.24, 2.45) is 5.92 Å². The molecule has 72 valence electrons. The summed E-state index contributed by atoms with van der Waals surface area (Å²) in [6.07, 6.45) is 11.8. The van der Waals surface area contributed by atoms with Gasteiger partial charge in [-0.3, -0.25) is 0 Å². The summed E-state index contributed by atoms with van der Waals surface area (Å²) in [7, 11) is 0. The SMILES string of the molecule is CCCC(I)CC1CCCCC1. The minimum absolute atomic E-state index is 0.954. The van der Waals surface area contributed by atoms with Crippen molar-refractivity contribution in [3.8, 4) is 0 Å². The predicted molar refractivity (Wildman–Crippen MR) is 63.9 cm³/mol. The fourth-order valence-corrected chi connectivity index (χ4v) is 3.56. The Balaban J connectivity index is 2.11. The summed E-state index contributed by atoms with van der Waals surface area (Å²) >= 11 is 2.64. The molecule has 1 aliphatic carbocycles. The first-order valence-corrected chi connectivity index (χ1v) is 6.71. The molecule has 0 radical (unpaired) electrons. The van der Waals surface area contributed by atoms with Crippen LogP contribution in [-0.2, 0) is 0 Å². The van der Waals surface area contributed by atoms with E-state index in [0.29, 0.717) is 0 Å². The molecular formula is C11H21I. The molecule has 0 heterocycles. The Morgan fingerprint density at radius 2 is 1.92 bits per heavy atom. The van der Waals surface area contributed by atoms with E-state index in [1.165, 1.54) is 51.4 Å². The van der Waals surface area contributed by atoms with Gasteiger partial charge >= 0.3 is 0 Å². The zero-order valence-corrected chi connectivity index (χ0v) is 10.3. The van der Waals surface area contributed by atoms with Crippen LogP contribution in [0.25, 0.3) is 0 Å². The van der Waals surface area contributed by atoms with Gasteiger partial charge in [-0.1, -0.05) is 68.0 Å². The zero-order chi connectivity index (χ0) is 8.81. The third-order valence-electron chi connectivity index (χ3n) is 2.92. The molecule has 1 fully saturated rings. The Labute approximate surface area is 90.6 Å². The van der Waals surface area contributed by atoms with Gasteiger partial charge in [0.1, 0.15) is 0 Å². The zero-order valence-electron chi connectivity index (χ0n) is 8.19. The van der Waals surface area contributed by atoms with Gasteiger partial charge in [-0.2, -0.15) is 0 Å². The average Bonchev–Trinajstić information content (AvgIpc) is 2.06. The highest BCUT2D eigenvalue weighted by Gasteiger charge is 2.16. The minimum atomic E-state index is 0.954. The highest BCUT2D eigenvalue weighted by molar-refractivity contribution is 14.1. The Morgan fingerprint density at radius 3 is 2.50 bits per heavy atom. The molecule has 1 heteroatoms. The van der Waals surface area contributed by atoms with Crippen molar-refractivity contribution in [2.45, 2.75) is 62.2 Å². The van der Waals surface area contributed by atoms with Gasteiger partial charge in [-0.05, 0) is 18.8 Å². The van der Waals surface area contributed by atoms with Crippen molar-refractivity contribution < 1.29 is 0 Å². The van der Waals surface area contributed by atoms with E-state index in [2.05, 4.69) is 29.5 Å². The second-order valence-corrected chi connectivity index (χ2v) is 5.89. The van der Waals surface area contributed by atoms with Crippen LogP contribution in [0.5, 0.6) is 0 Å². The quantitative estimate of drug-likeness (QED) is 0.523. The molecule has 1 unspecified atom stereocenters. The van der Waals surface area contributed by atoms with Gasteiger partial charge in [0.15, 0.2) is 0 Å². The van der Waals surface area contributed by atoms with Crippen LogP contribution in [0.1, 0.15) is 58.3 Å². The van der Waals surface area contributed by atoms with Crippen LogP contribution in [0.15, 0.2) is 0 Å². The average molecular weight is 280 g/mol. The van der Waals surface area contributed by atoms with Gasteiger partial charge in [0.25, 0.3) is 0 Å². The van der Waals surface area contributed by atoms with Crippen LogP contribution < -0.4 is 0 Å². The lowest BCUT2D eigenvalue weighted by Gasteiger charge is -2.23. The predicted octanol–water partition coefficient (Wildman–Crippen LogP) is 4.56. The number of alkyl halides is 1. The fourth-order valence-electron chi connectivity index (χ4n) is 2.22. The second-order valence-electron chi connectivity index (χ2n) is 4.13. The first-order chi connectivity index (χ1) is 5.83. The summed E-state index contributed by atoms with van der Waals surface area (Å²) in [5.41, 5.74) is 0. The van der Waals surface area contributed by atoms with E-state index in [4.69, 9.17) is 0 Å². The molecule has 0 saturated heterocycles. The van der Waals surface area contributed by atoms with Gasteiger partial charge in [-0.15, -0.1) is 0 Å². The maximum Gasteiger partial charge on any atom is 0.0112 e. The summed E-state index contributed by atoms with van der Waals surface area (Å²) in [5, 5.41) is 0. The Morgan fingerprint density at radius 1 is 1.25 bits per heavy atom. The molecule has 0 aromatic heterocycles. The molecule has 1 rings (SSSR count). The van der Waals surface area contributed by atoms with Crippen LogP contribution in [0.3, 0.4) is 0 Å². The largest absolute Gasteiger partial charge is 0.0826 e. The molecule has 0 bridgehead atoms. The molecule has 0 nitrogen and oxygen atoms in total. The lowest BCUT2D eigenvalue weighted by Crippen LogP contribution is -2.11. The van der Waals surface area contributed by atoms with E-state index < -0.39 is 0 Å². The van der Waals surface area contributed by atoms with E-state index in [-0.39, 0.29) is 0 Å². The van der Waals surface area contributed by atoms with Crippen molar-refractivity contribution in [3.05, 3.63) is 0 Å². The summed E-state index contributed by atoms with van der Waals surface area (Å²) in [6, 6.07) is 0. The van der Waals surface area contributed by atoms with Crippen LogP contribution in [0, 0.1) is 5.92 Å². The van der Waals surface area contributed by atoms with Gasteiger partial charge in [0.2, 0.25) is 0 Å². The second kappa shape index (κ2) is 6.22. The van der Waals surface area contributed by atoms with Crippen molar-refractivity contribution in [3.63, 3.8) is 0 Å². The summed E-state index contributed by atoms with van der Waals surface area (Å²) in [4.78, 5) is 0. The minimum Gasteiger partial charge on any atom is -0.0826 e. The number of rotatable bonds is 4. The number of halogens is 1. The first-order valence-electron chi connectivity index (χ1n) is 5.47. The molecule has 1 atom stereocenters. The fraction of sp³-hybridized carbons (Fsp3) is 1.00. The van der Waals surface area contributed by atoms with Crippen LogP contribution >= 0.6 is 22.6 Å². The number of hydrogen-bond donors (Lipinski definition) is 0. The van der Waals surface area contributed by atoms with Crippen LogP contribution in [0.4, 0.5) is 0 Å². The third-order valence-corrected chi connectivity index (χ3v) is 4.05. The molecule has 0 aromatic rings. The van der Waals surface area contributed by atoms with Crippen molar-refractivity contribution >= 4 is 22.6 Å². The highest BCUT2D eigenvalue weighted by atomic mass is 127. The van der Waals surface area contributed by atoms with Crippen LogP contribution in [0.2, 0.25) is 0 Å². The normalized spacial score (nSPS) is 22.5. The van der Waals surface area contributed by atoms with Crippen LogP contribution in [-0.4, -0.2) is 3.92 Å². The van der Waals surface area contributed by atoms with E-state index in [1.54, 1.807) is 0 Å². The first kappa shape index (κ1) is 10.8. The summed E-state index contributed by atoms with van der Waals surface area (Å²) in [6.45, 7) is 2.30. The van der Waals surface area contributed by atoms with E-state index in [1.807, 2.05) is 0 Å². The van der Waals surface area contributed by atoms with Gasteiger partial charge in [0.05, 0.1) is 0 Å². The standard InChI is InChI=1S/C11H21I/c1-2-6-11(12)9-10-7-4-3-5-8-10/h10-11H,2-9H2,1H3. The maximum absolute atomic E-state index is 2.64. The smallest absolute Gasteiger partial charge is 0.0112 e. The lowest BCUT2D eigenvalue weighted by molar-refractivity contribution is 0.336. The number of hydrogen-bond acceptors (Lipinski definition) is 0. The molecule has 0 spiro atoms. The third kappa shape index (κ3) is 4.11. The summed E-state index contributed by atoms with van der Waals surface area (Å²) in [5.74, 6) is 1.08. The molecule has 1 saturated carbocycles. The highest BCUT2D eigenvalue weighted by Crippen LogP contribution is 2.30. The monoisotopic (exact) mass is 280 g/mol. The molecule has 0 aromatic carbocycles. The van der Waals surface area contributed by atoms with Crippen molar-refractivity contribution in [1.29, 1.82) is 0 Å². The summed E-state index contributed by atoms with van der Waals surface area (Å²) < 4.78 is 0.954. The molecule has 0 N–H and O–H groups in total. The lowest BCUT2D eigenvalue weighted by atomic mass is 9.86. The van der Waals surface area contributed by atoms with E-state index >= 15 is 0 Å². The van der Waals surface area contributed by atoms with Gasteiger partial charge in [-0.25, -0.2) is 0 Å². The molecule has 12 heavy (non-hydrogen) atoms. The maximum atomic E-state index is 2.64. The Hall–Kier alpha value is 0.730. The Kier molecular flexibility index (Phi) is 5.61. The molecule has 0 amide bonds. The van der Waals surface area contributed by atoms with E-state index in [0.717, 1.165) is 9.84 Å². The van der Waals surface area contributed by atoms with Gasteiger partial charge < -0.3 is 0 Å². The molecule has 0 aliphatic heterocycles. The molecule has 1 aliphatic rings. The van der Waals surface area contributed by atoms with Crippen molar-refractivity contribution in [1.82, 2.24) is 0 Å². The van der Waals surface area contributed by atoms with Gasteiger partial charge in [0, 0.05) is 3.92 Å². The van der Waals surface area contributed by atoms with Crippen molar-refractivity contribution in [2.75, 3.05) is 0 Å². The van der Waals surface area contributed by atoms with E-state index in [9.17, 15) is 0 Å². The Bertz CT molecular complexity index is 106.